The van der Waals surface area contributed by atoms with Gasteiger partial charge in [-0.25, -0.2) is 9.97 Å². The normalized spacial score (nSPS) is 12.3. The minimum atomic E-state index is -4.41. The van der Waals surface area contributed by atoms with Crippen LogP contribution in [0, 0.1) is 0 Å². The second kappa shape index (κ2) is 5.32. The number of hydrogen-bond acceptors (Lipinski definition) is 5. The molecule has 0 bridgehead atoms. The third-order valence-corrected chi connectivity index (χ3v) is 5.46. The molecule has 0 saturated heterocycles. The Balaban J connectivity index is 1.95. The van der Waals surface area contributed by atoms with E-state index >= 15 is 0 Å². The molecule has 27 heavy (non-hydrogen) atoms. The van der Waals surface area contributed by atoms with E-state index in [9.17, 15) is 17.8 Å². The molecule has 1 aliphatic carbocycles. The first-order valence-corrected chi connectivity index (χ1v) is 9.47. The lowest BCUT2D eigenvalue weighted by atomic mass is 10.0. The zero-order valence-electron chi connectivity index (χ0n) is 13.7. The van der Waals surface area contributed by atoms with Crippen molar-refractivity contribution in [1.29, 1.82) is 0 Å². The van der Waals surface area contributed by atoms with Gasteiger partial charge in [-0.05, 0) is 41.8 Å². The van der Waals surface area contributed by atoms with E-state index in [1.165, 1.54) is 12.1 Å². The molecule has 8 heteroatoms. The molecule has 0 saturated carbocycles. The van der Waals surface area contributed by atoms with Gasteiger partial charge in [0.2, 0.25) is 6.41 Å². The predicted octanol–water partition coefficient (Wildman–Crippen LogP) is 3.25. The van der Waals surface area contributed by atoms with E-state index in [4.69, 9.17) is 4.98 Å². The number of nitrogens with one attached hydrogen (secondary N) is 1. The third kappa shape index (κ3) is 2.31. The molecule has 2 N–H and O–H groups in total. The summed E-state index contributed by atoms with van der Waals surface area (Å²) in [6.45, 7) is 0. The Bertz CT molecular complexity index is 1400. The molecular weight excluding hydrogens is 366 g/mol. The summed E-state index contributed by atoms with van der Waals surface area (Å²) in [5.41, 5.74) is 4.37. The summed E-state index contributed by atoms with van der Waals surface area (Å²) in [6, 6.07) is 13.6. The van der Waals surface area contributed by atoms with Crippen molar-refractivity contribution in [3.63, 3.8) is 0 Å². The summed E-state index contributed by atoms with van der Waals surface area (Å²) in [5.74, 6) is 0. The van der Waals surface area contributed by atoms with E-state index in [0.29, 0.717) is 45.5 Å². The third-order valence-electron chi connectivity index (χ3n) is 4.63. The quantitative estimate of drug-likeness (QED) is 0.369. The second-order valence-electron chi connectivity index (χ2n) is 6.24. The van der Waals surface area contributed by atoms with Crippen LogP contribution in [0.15, 0.2) is 53.4 Å². The highest BCUT2D eigenvalue weighted by molar-refractivity contribution is 7.85. The van der Waals surface area contributed by atoms with Crippen molar-refractivity contribution in [2.45, 2.75) is 4.90 Å². The summed E-state index contributed by atoms with van der Waals surface area (Å²) in [7, 11) is -4.41. The van der Waals surface area contributed by atoms with Gasteiger partial charge in [0, 0.05) is 22.2 Å². The minimum absolute atomic E-state index is 0.234. The summed E-state index contributed by atoms with van der Waals surface area (Å²) < 4.78 is 33.0. The summed E-state index contributed by atoms with van der Waals surface area (Å²) in [4.78, 5) is 20.0. The number of amides is 1. The topological polar surface area (TPSA) is 109 Å². The van der Waals surface area contributed by atoms with E-state index in [0.717, 1.165) is 10.9 Å². The Kier molecular flexibility index (Phi) is 3.13. The fourth-order valence-electron chi connectivity index (χ4n) is 3.54. The van der Waals surface area contributed by atoms with E-state index in [1.54, 1.807) is 12.1 Å². The van der Waals surface area contributed by atoms with Crippen molar-refractivity contribution >= 4 is 44.0 Å². The minimum Gasteiger partial charge on any atom is -0.329 e. The standard InChI is InChI=1S/C19H11N3O4S/c23-9-20-11-5-10-6-12(27(24,25)26)8-14-17(10)13(7-11)18-19(14)22-16-4-2-1-3-15(16)21-18/h1-9H,(H,20,23)(H,24,25,26). The molecule has 1 amide bonds. The first kappa shape index (κ1) is 15.9. The first-order valence-electron chi connectivity index (χ1n) is 8.03. The molecule has 0 spiro atoms. The maximum Gasteiger partial charge on any atom is 0.294 e. The smallest absolute Gasteiger partial charge is 0.294 e. The maximum atomic E-state index is 11.7. The van der Waals surface area contributed by atoms with Crippen LogP contribution in [0.3, 0.4) is 0 Å². The molecular formula is C19H11N3O4S. The van der Waals surface area contributed by atoms with Gasteiger partial charge in [0.25, 0.3) is 10.1 Å². The van der Waals surface area contributed by atoms with E-state index in [2.05, 4.69) is 10.3 Å². The Morgan fingerprint density at radius 1 is 0.926 bits per heavy atom. The van der Waals surface area contributed by atoms with Crippen molar-refractivity contribution in [2.24, 2.45) is 0 Å². The molecule has 0 aliphatic heterocycles. The van der Waals surface area contributed by atoms with Crippen LogP contribution in [0.5, 0.6) is 0 Å². The largest absolute Gasteiger partial charge is 0.329 e. The number of nitrogens with zero attached hydrogens (tertiary/aromatic N) is 2. The highest BCUT2D eigenvalue weighted by Crippen LogP contribution is 2.48. The van der Waals surface area contributed by atoms with Gasteiger partial charge in [-0.3, -0.25) is 9.35 Å². The molecule has 0 atom stereocenters. The van der Waals surface area contributed by atoms with Crippen LogP contribution >= 0.6 is 0 Å². The molecule has 5 rings (SSSR count). The summed E-state index contributed by atoms with van der Waals surface area (Å²) in [6.07, 6.45) is 0.545. The number of rotatable bonds is 3. The number of anilines is 1. The van der Waals surface area contributed by atoms with Crippen LogP contribution in [0.25, 0.3) is 44.3 Å². The number of hydrogen-bond donors (Lipinski definition) is 2. The Labute approximate surface area is 153 Å². The van der Waals surface area contributed by atoms with Crippen LogP contribution in [0.4, 0.5) is 5.69 Å². The van der Waals surface area contributed by atoms with E-state index in [-0.39, 0.29) is 4.90 Å². The van der Waals surface area contributed by atoms with Crippen molar-refractivity contribution in [1.82, 2.24) is 9.97 Å². The molecule has 7 nitrogen and oxygen atoms in total. The first-order chi connectivity index (χ1) is 13.0. The van der Waals surface area contributed by atoms with E-state index in [1.807, 2.05) is 24.3 Å². The number of benzene rings is 3. The molecule has 0 fully saturated rings. The van der Waals surface area contributed by atoms with Crippen LogP contribution in [0.2, 0.25) is 0 Å². The Hall–Kier alpha value is -3.36. The van der Waals surface area contributed by atoms with Gasteiger partial charge >= 0.3 is 0 Å². The average molecular weight is 377 g/mol. The van der Waals surface area contributed by atoms with Gasteiger partial charge < -0.3 is 5.32 Å². The van der Waals surface area contributed by atoms with Gasteiger partial charge in [0.1, 0.15) is 0 Å². The highest BCUT2D eigenvalue weighted by Gasteiger charge is 2.28. The molecule has 132 valence electrons. The SMILES string of the molecule is O=CNc1cc2c3c(cc(S(=O)(=O)O)cc3c1)-c1nc3ccccc3nc1-2. The number of carbonyl (C=O) groups excluding carboxylic acids is 1. The monoisotopic (exact) mass is 377 g/mol. The van der Waals surface area contributed by atoms with Crippen molar-refractivity contribution in [3.8, 4) is 22.5 Å². The lowest BCUT2D eigenvalue weighted by Crippen LogP contribution is -1.99. The lowest BCUT2D eigenvalue weighted by Gasteiger charge is -2.07. The Morgan fingerprint density at radius 2 is 1.56 bits per heavy atom. The van der Waals surface area contributed by atoms with Crippen molar-refractivity contribution in [3.05, 3.63) is 48.5 Å². The molecule has 0 radical (unpaired) electrons. The number of para-hydroxylation sites is 2. The van der Waals surface area contributed by atoms with Crippen molar-refractivity contribution in [2.75, 3.05) is 5.32 Å². The highest BCUT2D eigenvalue weighted by atomic mass is 32.2. The van der Waals surface area contributed by atoms with Crippen LogP contribution < -0.4 is 5.32 Å². The van der Waals surface area contributed by atoms with Crippen LogP contribution in [-0.2, 0) is 14.9 Å². The molecule has 4 aromatic rings. The summed E-state index contributed by atoms with van der Waals surface area (Å²) >= 11 is 0. The van der Waals surface area contributed by atoms with Gasteiger partial charge in [0.15, 0.2) is 0 Å². The van der Waals surface area contributed by atoms with Crippen LogP contribution in [-0.4, -0.2) is 29.3 Å². The zero-order valence-corrected chi connectivity index (χ0v) is 14.5. The van der Waals surface area contributed by atoms with Gasteiger partial charge in [-0.15, -0.1) is 0 Å². The molecule has 3 aromatic carbocycles. The fraction of sp³-hybridized carbons (Fsp3) is 0. The fourth-order valence-corrected chi connectivity index (χ4v) is 4.08. The van der Waals surface area contributed by atoms with Gasteiger partial charge in [-0.2, -0.15) is 8.42 Å². The molecule has 1 aliphatic rings. The lowest BCUT2D eigenvalue weighted by molar-refractivity contribution is -0.105. The van der Waals surface area contributed by atoms with Crippen molar-refractivity contribution < 1.29 is 17.8 Å². The summed E-state index contributed by atoms with van der Waals surface area (Å²) in [5, 5.41) is 3.93. The van der Waals surface area contributed by atoms with Gasteiger partial charge in [0.05, 0.1) is 27.3 Å². The second-order valence-corrected chi connectivity index (χ2v) is 7.66. The molecule has 0 unspecified atom stereocenters. The molecule has 1 heterocycles. The zero-order chi connectivity index (χ0) is 18.8. The number of fused-ring (bicyclic) bond motifs is 4. The van der Waals surface area contributed by atoms with E-state index < -0.39 is 10.1 Å². The predicted molar refractivity (Wildman–Crippen MR) is 101 cm³/mol. The maximum absolute atomic E-state index is 11.7. The molecule has 1 aromatic heterocycles. The number of carbonyl (C=O) groups is 1. The average Bonchev–Trinajstić information content (AvgIpc) is 2.94. The van der Waals surface area contributed by atoms with Crippen LogP contribution in [0.1, 0.15) is 0 Å². The van der Waals surface area contributed by atoms with Gasteiger partial charge in [-0.1, -0.05) is 12.1 Å². The number of aromatic nitrogens is 2. The Morgan fingerprint density at radius 3 is 2.15 bits per heavy atom.